The predicted molar refractivity (Wildman–Crippen MR) is 66.2 cm³/mol. The molecule has 0 saturated carbocycles. The highest BCUT2D eigenvalue weighted by Gasteiger charge is 2.09. The minimum atomic E-state index is -0.0217. The molecule has 1 rings (SSSR count). The molecule has 0 heterocycles. The van der Waals surface area contributed by atoms with Crippen LogP contribution in [0.3, 0.4) is 0 Å². The molecule has 17 heavy (non-hydrogen) atoms. The Balaban J connectivity index is 2.77. The lowest BCUT2D eigenvalue weighted by molar-refractivity contribution is -0.124. The van der Waals surface area contributed by atoms with Crippen molar-refractivity contribution in [3.05, 3.63) is 23.8 Å². The van der Waals surface area contributed by atoms with Crippen molar-refractivity contribution in [3.63, 3.8) is 0 Å². The molecule has 0 spiro atoms. The van der Waals surface area contributed by atoms with Gasteiger partial charge in [-0.15, -0.1) is 0 Å². The number of rotatable bonds is 5. The van der Waals surface area contributed by atoms with Crippen LogP contribution in [0.2, 0.25) is 0 Å². The lowest BCUT2D eigenvalue weighted by Gasteiger charge is -2.12. The molecule has 4 heteroatoms. The summed E-state index contributed by atoms with van der Waals surface area (Å²) >= 11 is 0. The Bertz CT molecular complexity index is 388. The third kappa shape index (κ3) is 3.66. The maximum atomic E-state index is 11.5. The van der Waals surface area contributed by atoms with Crippen molar-refractivity contribution in [1.82, 2.24) is 5.32 Å². The topological polar surface area (TPSA) is 47.6 Å². The molecule has 0 unspecified atom stereocenters. The van der Waals surface area contributed by atoms with Crippen LogP contribution in [-0.2, 0) is 11.3 Å². The molecule has 1 aromatic carbocycles. The fourth-order valence-corrected chi connectivity index (χ4v) is 1.41. The van der Waals surface area contributed by atoms with E-state index in [2.05, 4.69) is 5.32 Å². The van der Waals surface area contributed by atoms with E-state index in [1.807, 2.05) is 32.0 Å². The summed E-state index contributed by atoms with van der Waals surface area (Å²) in [5, 5.41) is 2.85. The van der Waals surface area contributed by atoms with Crippen LogP contribution in [0.1, 0.15) is 19.4 Å². The minimum absolute atomic E-state index is 0.0217. The van der Waals surface area contributed by atoms with Crippen LogP contribution in [-0.4, -0.2) is 20.1 Å². The van der Waals surface area contributed by atoms with Gasteiger partial charge in [-0.3, -0.25) is 4.79 Å². The van der Waals surface area contributed by atoms with Crippen molar-refractivity contribution >= 4 is 5.91 Å². The first-order valence-corrected chi connectivity index (χ1v) is 5.57. The first kappa shape index (κ1) is 13.4. The van der Waals surface area contributed by atoms with E-state index in [4.69, 9.17) is 9.47 Å². The normalized spacial score (nSPS) is 10.2. The lowest BCUT2D eigenvalue weighted by Crippen LogP contribution is -2.27. The number of nitrogens with one attached hydrogen (secondary N) is 1. The summed E-state index contributed by atoms with van der Waals surface area (Å²) in [5.74, 6) is 1.50. The predicted octanol–water partition coefficient (Wildman–Crippen LogP) is 1.98. The maximum Gasteiger partial charge on any atom is 0.222 e. The van der Waals surface area contributed by atoms with Gasteiger partial charge in [-0.25, -0.2) is 0 Å². The Morgan fingerprint density at radius 1 is 1.29 bits per heavy atom. The van der Waals surface area contributed by atoms with E-state index >= 15 is 0 Å². The first-order chi connectivity index (χ1) is 8.08. The quantitative estimate of drug-likeness (QED) is 0.851. The van der Waals surface area contributed by atoms with Gasteiger partial charge >= 0.3 is 0 Å². The number of methoxy groups -OCH3 is 2. The van der Waals surface area contributed by atoms with Gasteiger partial charge in [0.25, 0.3) is 0 Å². The molecule has 0 atom stereocenters. The van der Waals surface area contributed by atoms with E-state index in [-0.39, 0.29) is 11.8 Å². The van der Waals surface area contributed by atoms with Crippen LogP contribution in [0.15, 0.2) is 18.2 Å². The monoisotopic (exact) mass is 237 g/mol. The average Bonchev–Trinajstić information content (AvgIpc) is 2.35. The minimum Gasteiger partial charge on any atom is -0.497 e. The van der Waals surface area contributed by atoms with Gasteiger partial charge in [0.2, 0.25) is 5.91 Å². The summed E-state index contributed by atoms with van der Waals surface area (Å²) in [6.45, 7) is 4.16. The van der Waals surface area contributed by atoms with Crippen molar-refractivity contribution in [3.8, 4) is 11.5 Å². The van der Waals surface area contributed by atoms with Crippen molar-refractivity contribution in [2.75, 3.05) is 14.2 Å². The Labute approximate surface area is 102 Å². The number of benzene rings is 1. The smallest absolute Gasteiger partial charge is 0.222 e. The van der Waals surface area contributed by atoms with Gasteiger partial charge in [0, 0.05) is 18.0 Å². The van der Waals surface area contributed by atoms with Crippen LogP contribution < -0.4 is 14.8 Å². The van der Waals surface area contributed by atoms with Crippen molar-refractivity contribution in [1.29, 1.82) is 0 Å². The fourth-order valence-electron chi connectivity index (χ4n) is 1.41. The molecule has 0 radical (unpaired) electrons. The Morgan fingerprint density at radius 3 is 2.53 bits per heavy atom. The molecular formula is C13H19NO3. The Kier molecular flexibility index (Phi) is 4.82. The van der Waals surface area contributed by atoms with Gasteiger partial charge in [-0.05, 0) is 18.2 Å². The van der Waals surface area contributed by atoms with Crippen LogP contribution >= 0.6 is 0 Å². The molecule has 94 valence electrons. The maximum absolute atomic E-state index is 11.5. The molecule has 0 aromatic heterocycles. The van der Waals surface area contributed by atoms with Gasteiger partial charge in [-0.2, -0.15) is 0 Å². The summed E-state index contributed by atoms with van der Waals surface area (Å²) in [4.78, 5) is 11.5. The second-order valence-corrected chi connectivity index (χ2v) is 4.05. The van der Waals surface area contributed by atoms with E-state index in [0.717, 1.165) is 17.1 Å². The van der Waals surface area contributed by atoms with Gasteiger partial charge in [0.05, 0.1) is 14.2 Å². The molecule has 1 N–H and O–H groups in total. The molecular weight excluding hydrogens is 218 g/mol. The SMILES string of the molecule is COc1ccc(OC)c(CNC(=O)C(C)C)c1. The van der Waals surface area contributed by atoms with E-state index < -0.39 is 0 Å². The van der Waals surface area contributed by atoms with Gasteiger partial charge in [0.1, 0.15) is 11.5 Å². The van der Waals surface area contributed by atoms with E-state index in [1.54, 1.807) is 14.2 Å². The van der Waals surface area contributed by atoms with Crippen LogP contribution in [0.25, 0.3) is 0 Å². The highest BCUT2D eigenvalue weighted by molar-refractivity contribution is 5.77. The summed E-state index contributed by atoms with van der Waals surface area (Å²) in [6, 6.07) is 5.52. The number of carbonyl (C=O) groups is 1. The molecule has 0 aliphatic carbocycles. The van der Waals surface area contributed by atoms with E-state index in [9.17, 15) is 4.79 Å². The largest absolute Gasteiger partial charge is 0.497 e. The summed E-state index contributed by atoms with van der Waals surface area (Å²) in [6.07, 6.45) is 0. The number of ether oxygens (including phenoxy) is 2. The molecule has 0 aliphatic heterocycles. The number of hydrogen-bond acceptors (Lipinski definition) is 3. The molecule has 0 bridgehead atoms. The second-order valence-electron chi connectivity index (χ2n) is 4.05. The zero-order valence-corrected chi connectivity index (χ0v) is 10.7. The van der Waals surface area contributed by atoms with Crippen LogP contribution in [0.5, 0.6) is 11.5 Å². The number of hydrogen-bond donors (Lipinski definition) is 1. The average molecular weight is 237 g/mol. The van der Waals surface area contributed by atoms with E-state index in [0.29, 0.717) is 6.54 Å². The Hall–Kier alpha value is -1.71. The standard InChI is InChI=1S/C13H19NO3/c1-9(2)13(15)14-8-10-7-11(16-3)5-6-12(10)17-4/h5-7,9H,8H2,1-4H3,(H,14,15). The zero-order valence-electron chi connectivity index (χ0n) is 10.7. The fraction of sp³-hybridized carbons (Fsp3) is 0.462. The first-order valence-electron chi connectivity index (χ1n) is 5.57. The summed E-state index contributed by atoms with van der Waals surface area (Å²) in [5.41, 5.74) is 0.904. The molecule has 1 aromatic rings. The number of amides is 1. The Morgan fingerprint density at radius 2 is 2.00 bits per heavy atom. The third-order valence-electron chi connectivity index (χ3n) is 2.47. The van der Waals surface area contributed by atoms with Crippen LogP contribution in [0, 0.1) is 5.92 Å². The van der Waals surface area contributed by atoms with E-state index in [1.165, 1.54) is 0 Å². The zero-order chi connectivity index (χ0) is 12.8. The summed E-state index contributed by atoms with van der Waals surface area (Å²) < 4.78 is 10.4. The van der Waals surface area contributed by atoms with Crippen molar-refractivity contribution in [2.45, 2.75) is 20.4 Å². The molecule has 0 fully saturated rings. The van der Waals surface area contributed by atoms with Gasteiger partial charge < -0.3 is 14.8 Å². The van der Waals surface area contributed by atoms with Crippen molar-refractivity contribution < 1.29 is 14.3 Å². The summed E-state index contributed by atoms with van der Waals surface area (Å²) in [7, 11) is 3.22. The molecule has 4 nitrogen and oxygen atoms in total. The molecule has 0 aliphatic rings. The highest BCUT2D eigenvalue weighted by atomic mass is 16.5. The molecule has 1 amide bonds. The lowest BCUT2D eigenvalue weighted by atomic mass is 10.1. The number of carbonyl (C=O) groups excluding carboxylic acids is 1. The second kappa shape index (κ2) is 6.13. The third-order valence-corrected chi connectivity index (χ3v) is 2.47. The molecule has 0 saturated heterocycles. The van der Waals surface area contributed by atoms with Crippen LogP contribution in [0.4, 0.5) is 0 Å². The van der Waals surface area contributed by atoms with Gasteiger partial charge in [-0.1, -0.05) is 13.8 Å². The van der Waals surface area contributed by atoms with Gasteiger partial charge in [0.15, 0.2) is 0 Å². The van der Waals surface area contributed by atoms with Crippen molar-refractivity contribution in [2.24, 2.45) is 5.92 Å². The highest BCUT2D eigenvalue weighted by Crippen LogP contribution is 2.23.